The first-order valence-electron chi connectivity index (χ1n) is 3.51. The van der Waals surface area contributed by atoms with Gasteiger partial charge >= 0.3 is 0 Å². The molecule has 0 saturated heterocycles. The molecule has 0 aromatic heterocycles. The average Bonchev–Trinajstić information content (AvgIpc) is 2.31. The highest BCUT2D eigenvalue weighted by molar-refractivity contribution is 5.98. The molecule has 0 fully saturated rings. The molecule has 0 radical (unpaired) electrons. The molecule has 0 aromatic carbocycles. The van der Waals surface area contributed by atoms with E-state index in [2.05, 4.69) is 17.1 Å². The number of guanidine groups is 1. The highest BCUT2D eigenvalue weighted by Gasteiger charge is 2.05. The molecule has 60 valence electrons. The minimum absolute atomic E-state index is 0.00968. The Balaban J connectivity index is 2.63. The van der Waals surface area contributed by atoms with Crippen molar-refractivity contribution >= 4 is 11.7 Å². The number of nitrogens with zero attached hydrogens (tertiary/aromatic N) is 2. The molecule has 0 saturated carbocycles. The van der Waals surface area contributed by atoms with Crippen molar-refractivity contribution in [3.05, 3.63) is 11.6 Å². The van der Waals surface area contributed by atoms with Crippen LogP contribution in [-0.2, 0) is 0 Å². The van der Waals surface area contributed by atoms with Gasteiger partial charge in [0, 0.05) is 0 Å². The summed E-state index contributed by atoms with van der Waals surface area (Å²) >= 11 is 0. The van der Waals surface area contributed by atoms with Crippen LogP contribution in [-0.4, -0.2) is 11.7 Å². The normalized spacial score (nSPS) is 20.1. The van der Waals surface area contributed by atoms with Crippen LogP contribution in [0.4, 0.5) is 0 Å². The van der Waals surface area contributed by atoms with Crippen LogP contribution in [0.3, 0.4) is 0 Å². The van der Waals surface area contributed by atoms with E-state index in [4.69, 9.17) is 11.5 Å². The summed E-state index contributed by atoms with van der Waals surface area (Å²) in [7, 11) is 0. The maximum atomic E-state index is 5.11. The molecule has 0 spiro atoms. The van der Waals surface area contributed by atoms with Gasteiger partial charge in [-0.1, -0.05) is 5.57 Å². The van der Waals surface area contributed by atoms with Gasteiger partial charge in [0.25, 0.3) is 0 Å². The van der Waals surface area contributed by atoms with E-state index in [1.54, 1.807) is 0 Å². The average molecular weight is 152 g/mol. The first-order valence-corrected chi connectivity index (χ1v) is 3.51. The van der Waals surface area contributed by atoms with Crippen molar-refractivity contribution in [2.24, 2.45) is 21.7 Å². The molecule has 0 aliphatic heterocycles. The van der Waals surface area contributed by atoms with E-state index < -0.39 is 0 Å². The van der Waals surface area contributed by atoms with Crippen molar-refractivity contribution in [1.82, 2.24) is 0 Å². The predicted octanol–water partition coefficient (Wildman–Crippen LogP) is 0.356. The molecule has 4 nitrogen and oxygen atoms in total. The summed E-state index contributed by atoms with van der Waals surface area (Å²) in [6.07, 6.45) is 4.02. The van der Waals surface area contributed by atoms with E-state index in [1.165, 1.54) is 5.57 Å². The summed E-state index contributed by atoms with van der Waals surface area (Å²) in [5.41, 5.74) is 12.5. The maximum absolute atomic E-state index is 5.11. The van der Waals surface area contributed by atoms with Gasteiger partial charge in [-0.25, -0.2) is 0 Å². The quantitative estimate of drug-likeness (QED) is 0.323. The van der Waals surface area contributed by atoms with Gasteiger partial charge in [-0.15, -0.1) is 5.10 Å². The monoisotopic (exact) mass is 152 g/mol. The van der Waals surface area contributed by atoms with Crippen LogP contribution >= 0.6 is 0 Å². The van der Waals surface area contributed by atoms with E-state index in [9.17, 15) is 0 Å². The van der Waals surface area contributed by atoms with Gasteiger partial charge in [0.15, 0.2) is 0 Å². The van der Waals surface area contributed by atoms with E-state index in [1.807, 2.05) is 6.08 Å². The Labute approximate surface area is 65.7 Å². The van der Waals surface area contributed by atoms with Crippen molar-refractivity contribution in [2.45, 2.75) is 19.8 Å². The standard InChI is InChI=1S/C7H12N4/c1-5-2-3-6(4-5)10-11-7(8)9/h4H,2-3H2,1H3,(H4,8,9,11)/b10-6+. The number of hydrogen-bond donors (Lipinski definition) is 2. The fraction of sp³-hybridized carbons (Fsp3) is 0.429. The minimum Gasteiger partial charge on any atom is -0.369 e. The Morgan fingerprint density at radius 2 is 2.18 bits per heavy atom. The van der Waals surface area contributed by atoms with Crippen molar-refractivity contribution in [2.75, 3.05) is 0 Å². The Morgan fingerprint density at radius 1 is 1.45 bits per heavy atom. The van der Waals surface area contributed by atoms with Crippen LogP contribution in [0.1, 0.15) is 19.8 Å². The second kappa shape index (κ2) is 3.18. The van der Waals surface area contributed by atoms with Crippen molar-refractivity contribution in [3.8, 4) is 0 Å². The lowest BCUT2D eigenvalue weighted by Gasteiger charge is -1.87. The molecule has 0 bridgehead atoms. The third-order valence-corrected chi connectivity index (χ3v) is 1.48. The molecule has 4 heteroatoms. The minimum atomic E-state index is 0.00968. The number of hydrogen-bond acceptors (Lipinski definition) is 2. The first kappa shape index (κ1) is 7.78. The van der Waals surface area contributed by atoms with Crippen LogP contribution in [0, 0.1) is 0 Å². The van der Waals surface area contributed by atoms with E-state index >= 15 is 0 Å². The second-order valence-corrected chi connectivity index (χ2v) is 2.61. The van der Waals surface area contributed by atoms with Gasteiger partial charge in [-0.3, -0.25) is 0 Å². The topological polar surface area (TPSA) is 76.8 Å². The lowest BCUT2D eigenvalue weighted by molar-refractivity contribution is 1.05. The zero-order valence-electron chi connectivity index (χ0n) is 6.54. The Morgan fingerprint density at radius 3 is 2.64 bits per heavy atom. The molecule has 0 amide bonds. The van der Waals surface area contributed by atoms with E-state index in [0.29, 0.717) is 0 Å². The Hall–Kier alpha value is -1.32. The lowest BCUT2D eigenvalue weighted by atomic mass is 10.3. The summed E-state index contributed by atoms with van der Waals surface area (Å²) in [5, 5.41) is 7.41. The molecule has 0 heterocycles. The third kappa shape index (κ3) is 2.41. The molecule has 0 aromatic rings. The van der Waals surface area contributed by atoms with Gasteiger partial charge in [-0.2, -0.15) is 5.10 Å². The maximum Gasteiger partial charge on any atom is 0.211 e. The molecule has 11 heavy (non-hydrogen) atoms. The van der Waals surface area contributed by atoms with Crippen LogP contribution in [0.5, 0.6) is 0 Å². The molecular formula is C7H12N4. The van der Waals surface area contributed by atoms with Crippen molar-refractivity contribution < 1.29 is 0 Å². The second-order valence-electron chi connectivity index (χ2n) is 2.61. The van der Waals surface area contributed by atoms with Gasteiger partial charge in [0.1, 0.15) is 0 Å². The van der Waals surface area contributed by atoms with Gasteiger partial charge < -0.3 is 11.5 Å². The summed E-state index contributed by atoms with van der Waals surface area (Å²) in [5.74, 6) is 0.00968. The van der Waals surface area contributed by atoms with Crippen LogP contribution < -0.4 is 11.5 Å². The molecule has 1 aliphatic carbocycles. The lowest BCUT2D eigenvalue weighted by Crippen LogP contribution is -2.22. The van der Waals surface area contributed by atoms with E-state index in [-0.39, 0.29) is 5.96 Å². The van der Waals surface area contributed by atoms with Crippen molar-refractivity contribution in [1.29, 1.82) is 0 Å². The molecule has 1 rings (SSSR count). The predicted molar refractivity (Wildman–Crippen MR) is 46.2 cm³/mol. The fourth-order valence-electron chi connectivity index (χ4n) is 0.955. The Bertz CT molecular complexity index is 233. The fourth-order valence-corrected chi connectivity index (χ4v) is 0.955. The Kier molecular flexibility index (Phi) is 2.25. The highest BCUT2D eigenvalue weighted by atomic mass is 15.3. The number of nitrogens with two attached hydrogens (primary N) is 2. The van der Waals surface area contributed by atoms with Crippen LogP contribution in [0.2, 0.25) is 0 Å². The molecule has 0 atom stereocenters. The molecule has 0 unspecified atom stereocenters. The largest absolute Gasteiger partial charge is 0.369 e. The number of allylic oxidation sites excluding steroid dienone is 2. The molecular weight excluding hydrogens is 140 g/mol. The first-order chi connectivity index (χ1) is 5.18. The van der Waals surface area contributed by atoms with Gasteiger partial charge in [-0.05, 0) is 25.8 Å². The van der Waals surface area contributed by atoms with Crippen LogP contribution in [0.15, 0.2) is 21.9 Å². The smallest absolute Gasteiger partial charge is 0.211 e. The summed E-state index contributed by atoms with van der Waals surface area (Å²) in [6.45, 7) is 2.07. The summed E-state index contributed by atoms with van der Waals surface area (Å²) < 4.78 is 0. The SMILES string of the molecule is CC1=C/C(=N/N=C(N)N)CC1. The highest BCUT2D eigenvalue weighted by Crippen LogP contribution is 2.14. The molecule has 4 N–H and O–H groups in total. The summed E-state index contributed by atoms with van der Waals surface area (Å²) in [6, 6.07) is 0. The molecule has 1 aliphatic rings. The van der Waals surface area contributed by atoms with Crippen LogP contribution in [0.25, 0.3) is 0 Å². The number of rotatable bonds is 1. The van der Waals surface area contributed by atoms with Gasteiger partial charge in [0.2, 0.25) is 5.96 Å². The van der Waals surface area contributed by atoms with Crippen molar-refractivity contribution in [3.63, 3.8) is 0 Å². The van der Waals surface area contributed by atoms with E-state index in [0.717, 1.165) is 18.6 Å². The zero-order chi connectivity index (χ0) is 8.27. The zero-order valence-corrected chi connectivity index (χ0v) is 6.54. The van der Waals surface area contributed by atoms with Gasteiger partial charge in [0.05, 0.1) is 5.71 Å². The summed E-state index contributed by atoms with van der Waals surface area (Å²) in [4.78, 5) is 0. The third-order valence-electron chi connectivity index (χ3n) is 1.48.